The monoisotopic (exact) mass is 495 g/mol. The second-order valence-electron chi connectivity index (χ2n) is 7.96. The van der Waals surface area contributed by atoms with Gasteiger partial charge in [-0.25, -0.2) is 22.2 Å². The lowest BCUT2D eigenvalue weighted by molar-refractivity contribution is -0.0456. The quantitative estimate of drug-likeness (QED) is 0.312. The average Bonchev–Trinajstić information content (AvgIpc) is 3.21. The maximum atomic E-state index is 13.9. The summed E-state index contributed by atoms with van der Waals surface area (Å²) in [6, 6.07) is 17.9. The molecular weight excluding hydrogens is 476 g/mol. The van der Waals surface area contributed by atoms with E-state index in [2.05, 4.69) is 9.97 Å². The molecule has 10 heteroatoms. The summed E-state index contributed by atoms with van der Waals surface area (Å²) in [5.41, 5.74) is 1.91. The van der Waals surface area contributed by atoms with E-state index in [1.807, 2.05) is 0 Å². The summed E-state index contributed by atoms with van der Waals surface area (Å²) in [6.07, 6.45) is -1.89. The number of hydrogen-bond donors (Lipinski definition) is 3. The minimum absolute atomic E-state index is 0.0778. The van der Waals surface area contributed by atoms with Crippen LogP contribution in [0.4, 0.5) is 14.5 Å². The first-order chi connectivity index (χ1) is 16.7. The molecule has 3 aromatic carbocycles. The van der Waals surface area contributed by atoms with E-state index < -0.39 is 27.9 Å². The highest BCUT2D eigenvalue weighted by Crippen LogP contribution is 2.35. The smallest absolute Gasteiger partial charge is 0.264 e. The van der Waals surface area contributed by atoms with Crippen LogP contribution in [0.1, 0.15) is 12.0 Å². The molecule has 0 aliphatic carbocycles. The number of aromatic nitrogens is 2. The number of sulfonamides is 1. The van der Waals surface area contributed by atoms with Crippen molar-refractivity contribution in [1.82, 2.24) is 9.97 Å². The molecule has 5 rings (SSSR count). The van der Waals surface area contributed by atoms with Gasteiger partial charge in [0.25, 0.3) is 10.0 Å². The third kappa shape index (κ3) is 3.91. The van der Waals surface area contributed by atoms with Crippen LogP contribution in [-0.4, -0.2) is 35.6 Å². The number of nitrogens with one attached hydrogen (secondary N) is 1. The van der Waals surface area contributed by atoms with Crippen LogP contribution in [0.15, 0.2) is 77.7 Å². The molecule has 2 heterocycles. The van der Waals surface area contributed by atoms with Gasteiger partial charge in [-0.15, -0.1) is 0 Å². The van der Waals surface area contributed by atoms with E-state index >= 15 is 0 Å². The zero-order valence-corrected chi connectivity index (χ0v) is 19.1. The Balaban J connectivity index is 1.62. The van der Waals surface area contributed by atoms with E-state index in [0.717, 1.165) is 16.4 Å². The molecule has 35 heavy (non-hydrogen) atoms. The molecule has 0 atom stereocenters. The highest BCUT2D eigenvalue weighted by atomic mass is 32.2. The molecule has 0 spiro atoms. The van der Waals surface area contributed by atoms with Crippen molar-refractivity contribution in [2.24, 2.45) is 0 Å². The van der Waals surface area contributed by atoms with Gasteiger partial charge in [-0.2, -0.15) is 0 Å². The molecule has 0 saturated heterocycles. The Labute approximate surface area is 199 Å². The third-order valence-corrected chi connectivity index (χ3v) is 7.62. The van der Waals surface area contributed by atoms with Crippen LogP contribution in [0.25, 0.3) is 33.1 Å². The van der Waals surface area contributed by atoms with Crippen LogP contribution in [0.5, 0.6) is 0 Å². The minimum atomic E-state index is -3.77. The largest absolute Gasteiger partial charge is 0.363 e. The predicted molar refractivity (Wildman–Crippen MR) is 128 cm³/mol. The fourth-order valence-electron chi connectivity index (χ4n) is 3.97. The van der Waals surface area contributed by atoms with Crippen molar-refractivity contribution in [2.75, 3.05) is 11.4 Å². The topological polar surface area (TPSA) is 107 Å². The fourth-order valence-corrected chi connectivity index (χ4v) is 5.19. The predicted octanol–water partition coefficient (Wildman–Crippen LogP) is 4.47. The molecule has 7 nitrogen and oxygen atoms in total. The van der Waals surface area contributed by atoms with Gasteiger partial charge in [0.2, 0.25) is 0 Å². The molecule has 178 valence electrons. The second kappa shape index (κ2) is 8.42. The van der Waals surface area contributed by atoms with Crippen molar-refractivity contribution in [2.45, 2.75) is 11.2 Å². The van der Waals surface area contributed by atoms with Crippen LogP contribution < -0.4 is 4.31 Å². The Hall–Kier alpha value is -3.86. The lowest BCUT2D eigenvalue weighted by Gasteiger charge is -2.20. The normalized spacial score (nSPS) is 12.1. The van der Waals surface area contributed by atoms with E-state index in [4.69, 9.17) is 0 Å². The molecule has 0 bridgehead atoms. The molecule has 0 fully saturated rings. The number of fused-ring (bicyclic) bond motifs is 3. The molecule has 2 aromatic heterocycles. The van der Waals surface area contributed by atoms with Gasteiger partial charge in [0.15, 0.2) is 17.9 Å². The number of pyridine rings is 1. The molecule has 0 radical (unpaired) electrons. The second-order valence-corrected chi connectivity index (χ2v) is 9.93. The number of hydrogen-bond acceptors (Lipinski definition) is 5. The fraction of sp³-hybridized carbons (Fsp3) is 0.0800. The van der Waals surface area contributed by atoms with Crippen LogP contribution >= 0.6 is 0 Å². The van der Waals surface area contributed by atoms with Crippen molar-refractivity contribution in [3.63, 3.8) is 0 Å². The summed E-state index contributed by atoms with van der Waals surface area (Å²) >= 11 is 0. The van der Waals surface area contributed by atoms with Gasteiger partial charge in [0.1, 0.15) is 0 Å². The van der Waals surface area contributed by atoms with Crippen molar-refractivity contribution >= 4 is 37.5 Å². The first-order valence-corrected chi connectivity index (χ1v) is 11.9. The summed E-state index contributed by atoms with van der Waals surface area (Å²) in [5.74, 6) is -2.05. The molecule has 0 unspecified atom stereocenters. The van der Waals surface area contributed by atoms with E-state index in [-0.39, 0.29) is 10.6 Å². The van der Waals surface area contributed by atoms with E-state index in [0.29, 0.717) is 38.8 Å². The third-order valence-electron chi connectivity index (χ3n) is 5.82. The number of benzene rings is 3. The number of aliphatic hydroxyl groups excluding tert-OH is 1. The summed E-state index contributed by atoms with van der Waals surface area (Å²) in [6.45, 7) is 0. The maximum Gasteiger partial charge on any atom is 0.264 e. The Morgan fingerprint density at radius 3 is 2.23 bits per heavy atom. The summed E-state index contributed by atoms with van der Waals surface area (Å²) in [7, 11) is -2.33. The van der Waals surface area contributed by atoms with Crippen molar-refractivity contribution < 1.29 is 27.4 Å². The van der Waals surface area contributed by atoms with Gasteiger partial charge in [0.05, 0.1) is 27.5 Å². The van der Waals surface area contributed by atoms with Crippen molar-refractivity contribution in [3.05, 3.63) is 90.1 Å². The summed E-state index contributed by atoms with van der Waals surface area (Å²) in [5, 5.41) is 20.3. The van der Waals surface area contributed by atoms with Gasteiger partial charge in [0, 0.05) is 35.0 Å². The first-order valence-electron chi connectivity index (χ1n) is 10.5. The van der Waals surface area contributed by atoms with E-state index in [9.17, 15) is 27.4 Å². The number of halogens is 2. The Kier molecular flexibility index (Phi) is 5.51. The minimum Gasteiger partial charge on any atom is -0.363 e. The van der Waals surface area contributed by atoms with Crippen LogP contribution in [-0.2, 0) is 10.0 Å². The zero-order valence-electron chi connectivity index (χ0n) is 18.3. The number of rotatable bonds is 5. The molecule has 0 saturated carbocycles. The first kappa shape index (κ1) is 22.9. The number of aromatic amines is 1. The Morgan fingerprint density at radius 2 is 1.57 bits per heavy atom. The molecule has 0 aliphatic heterocycles. The highest BCUT2D eigenvalue weighted by molar-refractivity contribution is 7.92. The van der Waals surface area contributed by atoms with E-state index in [1.54, 1.807) is 42.5 Å². The molecule has 5 aromatic rings. The maximum absolute atomic E-state index is 13.9. The van der Waals surface area contributed by atoms with E-state index in [1.165, 1.54) is 25.2 Å². The van der Waals surface area contributed by atoms with Crippen LogP contribution in [0.2, 0.25) is 0 Å². The average molecular weight is 496 g/mol. The van der Waals surface area contributed by atoms with Crippen molar-refractivity contribution in [3.8, 4) is 11.3 Å². The van der Waals surface area contributed by atoms with Crippen molar-refractivity contribution in [1.29, 1.82) is 0 Å². The Bertz CT molecular complexity index is 1670. The van der Waals surface area contributed by atoms with Gasteiger partial charge < -0.3 is 15.2 Å². The standard InChI is InChI=1S/C25H19F2N3O4S/c1-30(35(33,34)16-5-3-2-4-6-16)15-9-7-14(8-10-15)23-24-18(12-22(29-23)25(31)32)17-11-19(26)20(27)13-21(17)28-24/h2-13,25,28,31-32H,1H3. The van der Waals surface area contributed by atoms with Gasteiger partial charge in [-0.1, -0.05) is 30.3 Å². The summed E-state index contributed by atoms with van der Waals surface area (Å²) < 4.78 is 54.7. The van der Waals surface area contributed by atoms with Gasteiger partial charge in [-0.05, 0) is 36.4 Å². The SMILES string of the molecule is CN(c1ccc(-c2nc(C(O)O)cc3c2[nH]c2cc(F)c(F)cc23)cc1)S(=O)(=O)c1ccccc1. The number of aliphatic hydroxyl groups is 2. The number of H-pyrrole nitrogens is 1. The lowest BCUT2D eigenvalue weighted by Crippen LogP contribution is -2.26. The highest BCUT2D eigenvalue weighted by Gasteiger charge is 2.22. The molecular formula is C25H19F2N3O4S. The Morgan fingerprint density at radius 1 is 0.914 bits per heavy atom. The molecule has 3 N–H and O–H groups in total. The van der Waals surface area contributed by atoms with Gasteiger partial charge in [-0.3, -0.25) is 4.31 Å². The van der Waals surface area contributed by atoms with Crippen LogP contribution in [0.3, 0.4) is 0 Å². The molecule has 0 amide bonds. The van der Waals surface area contributed by atoms with Gasteiger partial charge >= 0.3 is 0 Å². The zero-order chi connectivity index (χ0) is 24.9. The summed E-state index contributed by atoms with van der Waals surface area (Å²) in [4.78, 5) is 7.50. The van der Waals surface area contributed by atoms with Crippen LogP contribution in [0, 0.1) is 11.6 Å². The number of nitrogens with zero attached hydrogens (tertiary/aromatic N) is 2. The molecule has 0 aliphatic rings. The lowest BCUT2D eigenvalue weighted by atomic mass is 10.1. The number of anilines is 1.